The SMILES string of the molecule is Brc1ccc(-c2csc(N/N=C/c3ccc(-n4cncn4)cc3)n2)cc1. The molecule has 1 N–H and O–H groups in total. The highest BCUT2D eigenvalue weighted by Gasteiger charge is 2.03. The average Bonchev–Trinajstić information content (AvgIpc) is 3.35. The molecule has 0 bridgehead atoms. The van der Waals surface area contributed by atoms with Crippen molar-refractivity contribution < 1.29 is 0 Å². The fraction of sp³-hybridized carbons (Fsp3) is 0. The standard InChI is InChI=1S/C18H13BrN6S/c19-15-5-3-14(4-6-15)17-10-26-18(23-17)24-21-9-13-1-7-16(8-2-13)25-12-20-11-22-25/h1-12H,(H,23,24)/b21-9+. The van der Waals surface area contributed by atoms with E-state index in [-0.39, 0.29) is 0 Å². The van der Waals surface area contributed by atoms with Crippen LogP contribution in [0.5, 0.6) is 0 Å². The molecule has 0 saturated heterocycles. The summed E-state index contributed by atoms with van der Waals surface area (Å²) in [6, 6.07) is 15.9. The maximum atomic E-state index is 4.55. The lowest BCUT2D eigenvalue weighted by Crippen LogP contribution is -1.95. The largest absolute Gasteiger partial charge is 0.253 e. The third kappa shape index (κ3) is 3.87. The van der Waals surface area contributed by atoms with Crippen LogP contribution in [0, 0.1) is 0 Å². The van der Waals surface area contributed by atoms with Crippen molar-refractivity contribution in [2.24, 2.45) is 5.10 Å². The van der Waals surface area contributed by atoms with Crippen LogP contribution in [-0.2, 0) is 0 Å². The summed E-state index contributed by atoms with van der Waals surface area (Å²) in [4.78, 5) is 8.49. The molecule has 0 aliphatic heterocycles. The van der Waals surface area contributed by atoms with Gasteiger partial charge in [-0.2, -0.15) is 10.2 Å². The van der Waals surface area contributed by atoms with Crippen LogP contribution in [0.3, 0.4) is 0 Å². The lowest BCUT2D eigenvalue weighted by molar-refractivity contribution is 0.879. The van der Waals surface area contributed by atoms with Gasteiger partial charge in [0.05, 0.1) is 17.6 Å². The molecule has 0 aliphatic rings. The van der Waals surface area contributed by atoms with E-state index in [1.165, 1.54) is 17.7 Å². The van der Waals surface area contributed by atoms with Crippen molar-refractivity contribution in [3.63, 3.8) is 0 Å². The lowest BCUT2D eigenvalue weighted by Gasteiger charge is -2.00. The zero-order valence-electron chi connectivity index (χ0n) is 13.5. The minimum atomic E-state index is 0.749. The number of halogens is 1. The molecular weight excluding hydrogens is 412 g/mol. The Morgan fingerprint density at radius 3 is 2.62 bits per heavy atom. The Balaban J connectivity index is 1.40. The minimum absolute atomic E-state index is 0.749. The molecule has 2 aromatic heterocycles. The zero-order valence-corrected chi connectivity index (χ0v) is 15.9. The van der Waals surface area contributed by atoms with Crippen LogP contribution in [0.25, 0.3) is 16.9 Å². The van der Waals surface area contributed by atoms with Crippen LogP contribution < -0.4 is 5.43 Å². The van der Waals surface area contributed by atoms with Crippen molar-refractivity contribution >= 4 is 38.6 Å². The van der Waals surface area contributed by atoms with Gasteiger partial charge in [-0.15, -0.1) is 11.3 Å². The fourth-order valence-corrected chi connectivity index (χ4v) is 3.23. The van der Waals surface area contributed by atoms with E-state index in [0.717, 1.165) is 32.1 Å². The molecule has 26 heavy (non-hydrogen) atoms. The molecular formula is C18H13BrN6S. The Morgan fingerprint density at radius 2 is 1.88 bits per heavy atom. The van der Waals surface area contributed by atoms with E-state index in [1.54, 1.807) is 17.2 Å². The van der Waals surface area contributed by atoms with Gasteiger partial charge in [-0.1, -0.05) is 40.2 Å². The van der Waals surface area contributed by atoms with Crippen molar-refractivity contribution in [2.45, 2.75) is 0 Å². The maximum Gasteiger partial charge on any atom is 0.203 e. The number of hydrogen-bond acceptors (Lipinski definition) is 6. The van der Waals surface area contributed by atoms with Gasteiger partial charge in [0.15, 0.2) is 0 Å². The van der Waals surface area contributed by atoms with E-state index in [0.29, 0.717) is 0 Å². The Morgan fingerprint density at radius 1 is 1.08 bits per heavy atom. The van der Waals surface area contributed by atoms with Gasteiger partial charge in [0.1, 0.15) is 12.7 Å². The first-order chi connectivity index (χ1) is 12.8. The van der Waals surface area contributed by atoms with Gasteiger partial charge in [0.25, 0.3) is 0 Å². The number of rotatable bonds is 5. The Kier molecular flexibility index (Phi) is 4.85. The van der Waals surface area contributed by atoms with Crippen LogP contribution >= 0.6 is 27.3 Å². The van der Waals surface area contributed by atoms with Gasteiger partial charge in [-0.25, -0.2) is 14.6 Å². The van der Waals surface area contributed by atoms with Crippen LogP contribution in [0.15, 0.2) is 76.1 Å². The van der Waals surface area contributed by atoms with E-state index in [1.807, 2.05) is 53.9 Å². The number of benzene rings is 2. The summed E-state index contributed by atoms with van der Waals surface area (Å²) in [5.74, 6) is 0. The summed E-state index contributed by atoms with van der Waals surface area (Å²) in [5, 5.41) is 11.1. The van der Waals surface area contributed by atoms with Gasteiger partial charge < -0.3 is 0 Å². The summed E-state index contributed by atoms with van der Waals surface area (Å²) >= 11 is 4.96. The van der Waals surface area contributed by atoms with Crippen LogP contribution in [-0.4, -0.2) is 26.0 Å². The number of anilines is 1. The smallest absolute Gasteiger partial charge is 0.203 e. The molecule has 0 fully saturated rings. The second kappa shape index (κ2) is 7.59. The lowest BCUT2D eigenvalue weighted by atomic mass is 10.2. The quantitative estimate of drug-likeness (QED) is 0.375. The maximum absolute atomic E-state index is 4.55. The normalized spacial score (nSPS) is 11.1. The molecule has 8 heteroatoms. The summed E-state index contributed by atoms with van der Waals surface area (Å²) in [5.41, 5.74) is 6.91. The molecule has 4 aromatic rings. The first-order valence-corrected chi connectivity index (χ1v) is 9.41. The van der Waals surface area contributed by atoms with Gasteiger partial charge >= 0.3 is 0 Å². The van der Waals surface area contributed by atoms with Crippen LogP contribution in [0.4, 0.5) is 5.13 Å². The summed E-state index contributed by atoms with van der Waals surface area (Å²) in [6.07, 6.45) is 4.93. The molecule has 2 aromatic carbocycles. The number of thiazole rings is 1. The van der Waals surface area contributed by atoms with Crippen molar-refractivity contribution in [1.82, 2.24) is 19.7 Å². The zero-order chi connectivity index (χ0) is 17.8. The molecule has 0 amide bonds. The van der Waals surface area contributed by atoms with Gasteiger partial charge in [0, 0.05) is 15.4 Å². The van der Waals surface area contributed by atoms with Gasteiger partial charge in [0.2, 0.25) is 5.13 Å². The predicted molar refractivity (Wildman–Crippen MR) is 108 cm³/mol. The first-order valence-electron chi connectivity index (χ1n) is 7.73. The molecule has 2 heterocycles. The van der Waals surface area contributed by atoms with Crippen molar-refractivity contribution in [3.8, 4) is 16.9 Å². The Bertz CT molecular complexity index is 1010. The third-order valence-corrected chi connectivity index (χ3v) is 4.87. The molecule has 0 unspecified atom stereocenters. The van der Waals surface area contributed by atoms with E-state index in [9.17, 15) is 0 Å². The van der Waals surface area contributed by atoms with Gasteiger partial charge in [-0.05, 0) is 29.8 Å². The van der Waals surface area contributed by atoms with Crippen LogP contribution in [0.1, 0.15) is 5.56 Å². The van der Waals surface area contributed by atoms with E-state index in [4.69, 9.17) is 0 Å². The molecule has 0 aliphatic carbocycles. The first kappa shape index (κ1) is 16.6. The number of nitrogens with zero attached hydrogens (tertiary/aromatic N) is 5. The van der Waals surface area contributed by atoms with Crippen LogP contribution in [0.2, 0.25) is 0 Å². The van der Waals surface area contributed by atoms with Gasteiger partial charge in [-0.3, -0.25) is 5.43 Å². The molecule has 4 rings (SSSR count). The average molecular weight is 425 g/mol. The number of hydrazone groups is 1. The Hall–Kier alpha value is -2.84. The highest BCUT2D eigenvalue weighted by atomic mass is 79.9. The molecule has 0 atom stereocenters. The predicted octanol–water partition coefficient (Wildman–Crippen LogP) is 4.60. The number of hydrogen-bond donors (Lipinski definition) is 1. The monoisotopic (exact) mass is 424 g/mol. The second-order valence-corrected chi connectivity index (χ2v) is 7.12. The number of nitrogens with one attached hydrogen (secondary N) is 1. The minimum Gasteiger partial charge on any atom is -0.253 e. The highest BCUT2D eigenvalue weighted by molar-refractivity contribution is 9.10. The van der Waals surface area contributed by atoms with E-state index >= 15 is 0 Å². The summed E-state index contributed by atoms with van der Waals surface area (Å²) < 4.78 is 2.76. The van der Waals surface area contributed by atoms with Crippen molar-refractivity contribution in [3.05, 3.63) is 76.6 Å². The topological polar surface area (TPSA) is 68.0 Å². The Labute approximate surface area is 162 Å². The highest BCUT2D eigenvalue weighted by Crippen LogP contribution is 2.26. The fourth-order valence-electron chi connectivity index (χ4n) is 2.30. The molecule has 0 spiro atoms. The summed E-state index contributed by atoms with van der Waals surface area (Å²) in [6.45, 7) is 0. The molecule has 0 radical (unpaired) electrons. The molecule has 128 valence electrons. The summed E-state index contributed by atoms with van der Waals surface area (Å²) in [7, 11) is 0. The second-order valence-electron chi connectivity index (χ2n) is 5.35. The number of aromatic nitrogens is 4. The van der Waals surface area contributed by atoms with E-state index in [2.05, 4.69) is 41.5 Å². The third-order valence-electron chi connectivity index (χ3n) is 3.59. The molecule has 0 saturated carbocycles. The van der Waals surface area contributed by atoms with E-state index < -0.39 is 0 Å². The van der Waals surface area contributed by atoms with Crippen molar-refractivity contribution in [2.75, 3.05) is 5.43 Å². The molecule has 6 nitrogen and oxygen atoms in total. The van der Waals surface area contributed by atoms with Crippen molar-refractivity contribution in [1.29, 1.82) is 0 Å².